The second kappa shape index (κ2) is 6.30. The van der Waals surface area contributed by atoms with Crippen LogP contribution < -0.4 is 10.1 Å². The van der Waals surface area contributed by atoms with E-state index >= 15 is 0 Å². The fraction of sp³-hybridized carbons (Fsp3) is 0.667. The van der Waals surface area contributed by atoms with Crippen molar-refractivity contribution in [1.29, 1.82) is 0 Å². The Bertz CT molecular complexity index is 302. The molecule has 0 aliphatic rings. The van der Waals surface area contributed by atoms with Gasteiger partial charge in [0, 0.05) is 19.0 Å². The second-order valence-electron chi connectivity index (χ2n) is 3.95. The quantitative estimate of drug-likeness (QED) is 0.805. The summed E-state index contributed by atoms with van der Waals surface area (Å²) in [4.78, 5) is 8.79. The van der Waals surface area contributed by atoms with Gasteiger partial charge in [0.25, 0.3) is 0 Å². The number of anilines is 1. The Hall–Kier alpha value is -1.32. The molecule has 1 heterocycles. The van der Waals surface area contributed by atoms with Crippen LogP contribution in [0.15, 0.2) is 6.07 Å². The van der Waals surface area contributed by atoms with Crippen LogP contribution in [0.1, 0.15) is 39.9 Å². The van der Waals surface area contributed by atoms with Crippen molar-refractivity contribution >= 4 is 5.82 Å². The molecule has 0 spiro atoms. The molecule has 0 saturated carbocycles. The average Bonchev–Trinajstić information content (AvgIpc) is 2.17. The number of rotatable bonds is 6. The lowest BCUT2D eigenvalue weighted by Crippen LogP contribution is -2.10. The molecular formula is C12H21N3O. The highest BCUT2D eigenvalue weighted by atomic mass is 16.5. The lowest BCUT2D eigenvalue weighted by Gasteiger charge is -2.11. The van der Waals surface area contributed by atoms with E-state index in [4.69, 9.17) is 4.74 Å². The van der Waals surface area contributed by atoms with Gasteiger partial charge in [0.2, 0.25) is 5.88 Å². The zero-order chi connectivity index (χ0) is 12.0. The first-order chi connectivity index (χ1) is 7.65. The zero-order valence-electron chi connectivity index (χ0n) is 10.6. The predicted molar refractivity (Wildman–Crippen MR) is 66.0 cm³/mol. The Kier molecular flexibility index (Phi) is 5.02. The van der Waals surface area contributed by atoms with E-state index in [-0.39, 0.29) is 6.10 Å². The third-order valence-electron chi connectivity index (χ3n) is 1.94. The van der Waals surface area contributed by atoms with E-state index in [0.717, 1.165) is 31.0 Å². The topological polar surface area (TPSA) is 47.0 Å². The normalized spacial score (nSPS) is 10.6. The molecule has 0 atom stereocenters. The van der Waals surface area contributed by atoms with E-state index in [2.05, 4.69) is 22.2 Å². The van der Waals surface area contributed by atoms with Gasteiger partial charge in [-0.1, -0.05) is 6.92 Å². The predicted octanol–water partition coefficient (Wildman–Crippen LogP) is 2.65. The van der Waals surface area contributed by atoms with Gasteiger partial charge in [-0.2, -0.15) is 4.98 Å². The minimum absolute atomic E-state index is 0.138. The Labute approximate surface area is 97.5 Å². The van der Waals surface area contributed by atoms with Gasteiger partial charge in [-0.15, -0.1) is 0 Å². The molecule has 90 valence electrons. The average molecular weight is 223 g/mol. The van der Waals surface area contributed by atoms with Crippen molar-refractivity contribution in [3.63, 3.8) is 0 Å². The molecule has 4 heteroatoms. The molecule has 0 aliphatic carbocycles. The molecule has 4 nitrogen and oxygen atoms in total. The third kappa shape index (κ3) is 4.04. The van der Waals surface area contributed by atoms with Crippen LogP contribution in [0.5, 0.6) is 5.88 Å². The molecule has 0 saturated heterocycles. The van der Waals surface area contributed by atoms with Gasteiger partial charge in [-0.05, 0) is 27.2 Å². The largest absolute Gasteiger partial charge is 0.475 e. The van der Waals surface area contributed by atoms with Crippen LogP contribution in [-0.4, -0.2) is 22.6 Å². The molecule has 1 aromatic heterocycles. The van der Waals surface area contributed by atoms with Crippen molar-refractivity contribution in [1.82, 2.24) is 9.97 Å². The summed E-state index contributed by atoms with van der Waals surface area (Å²) >= 11 is 0. The van der Waals surface area contributed by atoms with Crippen LogP contribution in [-0.2, 0) is 6.42 Å². The Morgan fingerprint density at radius 3 is 2.62 bits per heavy atom. The van der Waals surface area contributed by atoms with Crippen LogP contribution in [0, 0.1) is 0 Å². The summed E-state index contributed by atoms with van der Waals surface area (Å²) in [6, 6.07) is 1.85. The summed E-state index contributed by atoms with van der Waals surface area (Å²) in [6.45, 7) is 9.00. The smallest absolute Gasteiger partial charge is 0.218 e. The SMILES string of the molecule is CCCc1nc(NCC)cc(OC(C)C)n1. The Balaban J connectivity index is 2.88. The minimum Gasteiger partial charge on any atom is -0.475 e. The maximum Gasteiger partial charge on any atom is 0.218 e. The van der Waals surface area contributed by atoms with Gasteiger partial charge in [-0.3, -0.25) is 0 Å². The van der Waals surface area contributed by atoms with Gasteiger partial charge in [0.1, 0.15) is 11.6 Å². The molecular weight excluding hydrogens is 202 g/mol. The van der Waals surface area contributed by atoms with Crippen LogP contribution in [0.2, 0.25) is 0 Å². The van der Waals surface area contributed by atoms with Crippen molar-refractivity contribution in [3.8, 4) is 5.88 Å². The fourth-order valence-corrected chi connectivity index (χ4v) is 1.38. The summed E-state index contributed by atoms with van der Waals surface area (Å²) in [5.41, 5.74) is 0. The molecule has 0 bridgehead atoms. The first kappa shape index (κ1) is 12.7. The standard InChI is InChI=1S/C12H21N3O/c1-5-7-10-14-11(13-6-2)8-12(15-10)16-9(3)4/h8-9H,5-7H2,1-4H3,(H,13,14,15). The molecule has 0 aliphatic heterocycles. The number of nitrogens with zero attached hydrogens (tertiary/aromatic N) is 2. The number of aryl methyl sites for hydroxylation is 1. The van der Waals surface area contributed by atoms with Crippen LogP contribution in [0.4, 0.5) is 5.82 Å². The van der Waals surface area contributed by atoms with Gasteiger partial charge < -0.3 is 10.1 Å². The highest BCUT2D eigenvalue weighted by molar-refractivity contribution is 5.38. The highest BCUT2D eigenvalue weighted by Gasteiger charge is 2.06. The second-order valence-corrected chi connectivity index (χ2v) is 3.95. The molecule has 0 fully saturated rings. The number of hydrogen-bond acceptors (Lipinski definition) is 4. The van der Waals surface area contributed by atoms with E-state index in [1.807, 2.05) is 26.8 Å². The van der Waals surface area contributed by atoms with E-state index in [1.54, 1.807) is 0 Å². The van der Waals surface area contributed by atoms with Crippen molar-refractivity contribution in [2.24, 2.45) is 0 Å². The lowest BCUT2D eigenvalue weighted by atomic mass is 10.3. The van der Waals surface area contributed by atoms with Crippen molar-refractivity contribution in [2.75, 3.05) is 11.9 Å². The Morgan fingerprint density at radius 2 is 2.06 bits per heavy atom. The van der Waals surface area contributed by atoms with E-state index in [0.29, 0.717) is 5.88 Å². The third-order valence-corrected chi connectivity index (χ3v) is 1.94. The maximum absolute atomic E-state index is 5.60. The minimum atomic E-state index is 0.138. The molecule has 1 rings (SSSR count). The molecule has 0 aromatic carbocycles. The first-order valence-electron chi connectivity index (χ1n) is 5.94. The van der Waals surface area contributed by atoms with Crippen LogP contribution in [0.3, 0.4) is 0 Å². The van der Waals surface area contributed by atoms with E-state index in [9.17, 15) is 0 Å². The lowest BCUT2D eigenvalue weighted by molar-refractivity contribution is 0.231. The summed E-state index contributed by atoms with van der Waals surface area (Å²) < 4.78 is 5.60. The molecule has 0 radical (unpaired) electrons. The van der Waals surface area contributed by atoms with Crippen LogP contribution >= 0.6 is 0 Å². The van der Waals surface area contributed by atoms with Gasteiger partial charge in [0.05, 0.1) is 6.10 Å². The molecule has 1 aromatic rings. The first-order valence-corrected chi connectivity index (χ1v) is 5.94. The van der Waals surface area contributed by atoms with Crippen molar-refractivity contribution in [3.05, 3.63) is 11.9 Å². The van der Waals surface area contributed by atoms with E-state index in [1.165, 1.54) is 0 Å². The van der Waals surface area contributed by atoms with E-state index < -0.39 is 0 Å². The Morgan fingerprint density at radius 1 is 1.31 bits per heavy atom. The monoisotopic (exact) mass is 223 g/mol. The van der Waals surface area contributed by atoms with Crippen molar-refractivity contribution in [2.45, 2.75) is 46.6 Å². The molecule has 1 N–H and O–H groups in total. The maximum atomic E-state index is 5.60. The molecule has 0 amide bonds. The number of hydrogen-bond donors (Lipinski definition) is 1. The molecule has 16 heavy (non-hydrogen) atoms. The number of aromatic nitrogens is 2. The van der Waals surface area contributed by atoms with Crippen LogP contribution in [0.25, 0.3) is 0 Å². The van der Waals surface area contributed by atoms with Gasteiger partial charge >= 0.3 is 0 Å². The fourth-order valence-electron chi connectivity index (χ4n) is 1.38. The van der Waals surface area contributed by atoms with Gasteiger partial charge in [0.15, 0.2) is 0 Å². The van der Waals surface area contributed by atoms with Gasteiger partial charge in [-0.25, -0.2) is 4.98 Å². The number of nitrogens with one attached hydrogen (secondary N) is 1. The molecule has 0 unspecified atom stereocenters. The summed E-state index contributed by atoms with van der Waals surface area (Å²) in [5, 5.41) is 3.19. The summed E-state index contributed by atoms with van der Waals surface area (Å²) in [5.74, 6) is 2.35. The number of ether oxygens (including phenoxy) is 1. The van der Waals surface area contributed by atoms with Crippen molar-refractivity contribution < 1.29 is 4.74 Å². The zero-order valence-corrected chi connectivity index (χ0v) is 10.6. The highest BCUT2D eigenvalue weighted by Crippen LogP contribution is 2.15. The summed E-state index contributed by atoms with van der Waals surface area (Å²) in [7, 11) is 0. The summed E-state index contributed by atoms with van der Waals surface area (Å²) in [6.07, 6.45) is 2.06.